The minimum atomic E-state index is -0.824. The van der Waals surface area contributed by atoms with Crippen molar-refractivity contribution in [3.8, 4) is 23.3 Å². The zero-order valence-electron chi connectivity index (χ0n) is 17.8. The third kappa shape index (κ3) is 5.82. The lowest BCUT2D eigenvalue weighted by molar-refractivity contribution is -0.384. The zero-order chi connectivity index (χ0) is 24.7. The van der Waals surface area contributed by atoms with E-state index in [1.165, 1.54) is 19.3 Å². The number of halogens is 1. The molecule has 0 heterocycles. The summed E-state index contributed by atoms with van der Waals surface area (Å²) in [6.45, 7) is 0.159. The maximum Gasteiger partial charge on any atom is 0.273 e. The van der Waals surface area contributed by atoms with Crippen molar-refractivity contribution in [2.75, 3.05) is 12.4 Å². The summed E-state index contributed by atoms with van der Waals surface area (Å²) in [6.07, 6.45) is 1.31. The predicted molar refractivity (Wildman–Crippen MR) is 126 cm³/mol. The van der Waals surface area contributed by atoms with Gasteiger partial charge in [-0.25, -0.2) is 0 Å². The SMILES string of the molecule is COc1cccc(C=C(C#N)C(=O)Nc2ccc([N+](=O)[O-])cc2O)c1OCc1cccc(Cl)c1. The Labute approximate surface area is 199 Å². The number of methoxy groups -OCH3 is 1. The van der Waals surface area contributed by atoms with Crippen molar-refractivity contribution in [1.82, 2.24) is 0 Å². The average molecular weight is 480 g/mol. The van der Waals surface area contributed by atoms with Gasteiger partial charge in [-0.2, -0.15) is 5.26 Å². The largest absolute Gasteiger partial charge is 0.506 e. The lowest BCUT2D eigenvalue weighted by Crippen LogP contribution is -2.13. The number of hydrogen-bond donors (Lipinski definition) is 2. The summed E-state index contributed by atoms with van der Waals surface area (Å²) in [4.78, 5) is 22.8. The Bertz CT molecular complexity index is 1320. The number of phenolic OH excluding ortho intramolecular Hbond substituents is 1. The van der Waals surface area contributed by atoms with Gasteiger partial charge in [0.2, 0.25) is 0 Å². The summed E-state index contributed by atoms with van der Waals surface area (Å²) in [5, 5.41) is 33.3. The number of para-hydroxylation sites is 1. The van der Waals surface area contributed by atoms with Crippen LogP contribution in [0.15, 0.2) is 66.2 Å². The number of carbonyl (C=O) groups is 1. The van der Waals surface area contributed by atoms with Crippen molar-refractivity contribution >= 4 is 35.0 Å². The molecule has 1 amide bonds. The predicted octanol–water partition coefficient (Wildman–Crippen LogP) is 5.09. The summed E-state index contributed by atoms with van der Waals surface area (Å²) >= 11 is 6.02. The molecule has 0 saturated heterocycles. The highest BCUT2D eigenvalue weighted by atomic mass is 35.5. The molecule has 3 aromatic rings. The first kappa shape index (κ1) is 24.1. The summed E-state index contributed by atoms with van der Waals surface area (Å²) in [5.74, 6) is -0.632. The lowest BCUT2D eigenvalue weighted by atomic mass is 10.1. The molecule has 0 unspecified atom stereocenters. The van der Waals surface area contributed by atoms with E-state index >= 15 is 0 Å². The fourth-order valence-corrected chi connectivity index (χ4v) is 3.19. The summed E-state index contributed by atoms with van der Waals surface area (Å²) < 4.78 is 11.3. The number of carbonyl (C=O) groups excluding carboxylic acids is 1. The molecule has 172 valence electrons. The van der Waals surface area contributed by atoms with E-state index in [1.807, 2.05) is 12.1 Å². The third-order valence-corrected chi connectivity index (χ3v) is 4.84. The fourth-order valence-electron chi connectivity index (χ4n) is 2.98. The number of nitrogens with zero attached hydrogens (tertiary/aromatic N) is 2. The number of non-ortho nitro benzene ring substituents is 1. The van der Waals surface area contributed by atoms with E-state index in [0.29, 0.717) is 22.1 Å². The molecule has 0 atom stereocenters. The molecule has 0 spiro atoms. The first-order chi connectivity index (χ1) is 16.3. The second-order valence-electron chi connectivity index (χ2n) is 6.88. The average Bonchev–Trinajstić information content (AvgIpc) is 2.82. The van der Waals surface area contributed by atoms with Crippen LogP contribution in [0.4, 0.5) is 11.4 Å². The molecule has 0 aliphatic heterocycles. The molecule has 0 aliphatic rings. The molecule has 2 N–H and O–H groups in total. The van der Waals surface area contributed by atoms with Gasteiger partial charge in [0, 0.05) is 16.7 Å². The number of phenols is 1. The van der Waals surface area contributed by atoms with Crippen LogP contribution in [0, 0.1) is 21.4 Å². The number of nitro benzene ring substituents is 1. The number of benzene rings is 3. The van der Waals surface area contributed by atoms with Gasteiger partial charge in [0.25, 0.3) is 11.6 Å². The van der Waals surface area contributed by atoms with Gasteiger partial charge in [-0.1, -0.05) is 35.9 Å². The van der Waals surface area contributed by atoms with E-state index in [9.17, 15) is 25.3 Å². The number of anilines is 1. The molecular weight excluding hydrogens is 462 g/mol. The van der Waals surface area contributed by atoms with Crippen molar-refractivity contribution in [2.24, 2.45) is 0 Å². The van der Waals surface area contributed by atoms with Gasteiger partial charge in [0.05, 0.1) is 23.8 Å². The van der Waals surface area contributed by atoms with Crippen molar-refractivity contribution in [2.45, 2.75) is 6.61 Å². The summed E-state index contributed by atoms with van der Waals surface area (Å²) in [5.41, 5.74) is 0.490. The molecule has 0 radical (unpaired) electrons. The van der Waals surface area contributed by atoms with E-state index in [2.05, 4.69) is 5.32 Å². The molecule has 0 fully saturated rings. The number of nitrogens with one attached hydrogen (secondary N) is 1. The number of ether oxygens (including phenoxy) is 2. The van der Waals surface area contributed by atoms with Crippen molar-refractivity contribution in [3.63, 3.8) is 0 Å². The maximum absolute atomic E-state index is 12.7. The van der Waals surface area contributed by atoms with E-state index in [4.69, 9.17) is 21.1 Å². The van der Waals surface area contributed by atoms with E-state index in [0.717, 1.165) is 17.7 Å². The van der Waals surface area contributed by atoms with Gasteiger partial charge in [-0.05, 0) is 35.9 Å². The van der Waals surface area contributed by atoms with Crippen LogP contribution in [0.3, 0.4) is 0 Å². The standard InChI is InChI=1S/C24H18ClN3O6/c1-33-22-7-3-5-16(23(22)34-14-15-4-2-6-18(25)10-15)11-17(13-26)24(30)27-20-9-8-19(28(31)32)12-21(20)29/h2-12,29H,14H2,1H3,(H,27,30). The van der Waals surface area contributed by atoms with Crippen molar-refractivity contribution in [1.29, 1.82) is 5.26 Å². The Morgan fingerprint density at radius 2 is 2.00 bits per heavy atom. The Morgan fingerprint density at radius 1 is 1.24 bits per heavy atom. The molecular formula is C24H18ClN3O6. The van der Waals surface area contributed by atoms with Gasteiger partial charge in [0.1, 0.15) is 24.0 Å². The van der Waals surface area contributed by atoms with Crippen LogP contribution in [0.1, 0.15) is 11.1 Å². The topological polar surface area (TPSA) is 135 Å². The van der Waals surface area contributed by atoms with Crippen LogP contribution in [-0.2, 0) is 11.4 Å². The molecule has 3 rings (SSSR count). The molecule has 9 nitrogen and oxygen atoms in total. The van der Waals surface area contributed by atoms with Crippen LogP contribution < -0.4 is 14.8 Å². The summed E-state index contributed by atoms with van der Waals surface area (Å²) in [7, 11) is 1.46. The molecule has 0 saturated carbocycles. The van der Waals surface area contributed by atoms with Crippen LogP contribution in [0.2, 0.25) is 5.02 Å². The number of rotatable bonds is 8. The fraction of sp³-hybridized carbons (Fsp3) is 0.0833. The summed E-state index contributed by atoms with van der Waals surface area (Å²) in [6, 6.07) is 17.1. The van der Waals surface area contributed by atoms with Gasteiger partial charge < -0.3 is 19.9 Å². The quantitative estimate of drug-likeness (QED) is 0.151. The van der Waals surface area contributed by atoms with E-state index in [-0.39, 0.29) is 23.6 Å². The van der Waals surface area contributed by atoms with Gasteiger partial charge in [-0.15, -0.1) is 0 Å². The van der Waals surface area contributed by atoms with Crippen LogP contribution >= 0.6 is 11.6 Å². The first-order valence-corrected chi connectivity index (χ1v) is 10.1. The van der Waals surface area contributed by atoms with E-state index in [1.54, 1.807) is 36.4 Å². The van der Waals surface area contributed by atoms with Crippen molar-refractivity contribution < 1.29 is 24.3 Å². The first-order valence-electron chi connectivity index (χ1n) is 9.77. The highest BCUT2D eigenvalue weighted by Gasteiger charge is 2.17. The monoisotopic (exact) mass is 479 g/mol. The van der Waals surface area contributed by atoms with Crippen molar-refractivity contribution in [3.05, 3.63) is 92.5 Å². The Kier molecular flexibility index (Phi) is 7.69. The number of nitriles is 1. The van der Waals surface area contributed by atoms with E-state index < -0.39 is 16.6 Å². The minimum Gasteiger partial charge on any atom is -0.506 e. The Hall–Kier alpha value is -4.55. The van der Waals surface area contributed by atoms with Gasteiger partial charge >= 0.3 is 0 Å². The van der Waals surface area contributed by atoms with Crippen LogP contribution in [0.25, 0.3) is 6.08 Å². The molecule has 3 aromatic carbocycles. The number of nitro groups is 1. The number of hydrogen-bond acceptors (Lipinski definition) is 7. The highest BCUT2D eigenvalue weighted by Crippen LogP contribution is 2.34. The van der Waals surface area contributed by atoms with Gasteiger partial charge in [-0.3, -0.25) is 14.9 Å². The van der Waals surface area contributed by atoms with Gasteiger partial charge in [0.15, 0.2) is 11.5 Å². The number of amides is 1. The second kappa shape index (κ2) is 10.8. The molecule has 0 bridgehead atoms. The lowest BCUT2D eigenvalue weighted by Gasteiger charge is -2.14. The van der Waals surface area contributed by atoms with Crippen LogP contribution in [-0.4, -0.2) is 23.0 Å². The zero-order valence-corrected chi connectivity index (χ0v) is 18.6. The Balaban J connectivity index is 1.88. The normalized spacial score (nSPS) is 10.8. The number of aromatic hydroxyl groups is 1. The highest BCUT2D eigenvalue weighted by molar-refractivity contribution is 6.30. The molecule has 34 heavy (non-hydrogen) atoms. The molecule has 10 heteroatoms. The van der Waals surface area contributed by atoms with Crippen LogP contribution in [0.5, 0.6) is 17.2 Å². The second-order valence-corrected chi connectivity index (χ2v) is 7.32. The molecule has 0 aromatic heterocycles. The maximum atomic E-state index is 12.7. The minimum absolute atomic E-state index is 0.0835. The third-order valence-electron chi connectivity index (χ3n) is 4.61. The Morgan fingerprint density at radius 3 is 2.65 bits per heavy atom. The molecule has 0 aliphatic carbocycles. The smallest absolute Gasteiger partial charge is 0.273 e.